The van der Waals surface area contributed by atoms with Gasteiger partial charge in [0.2, 0.25) is 5.91 Å². The molecule has 1 aromatic carbocycles. The number of hydrogen-bond acceptors (Lipinski definition) is 3. The molecule has 144 valence electrons. The molecule has 0 radical (unpaired) electrons. The number of fused-ring (bicyclic) bond motifs is 1. The minimum atomic E-state index is -0.580. The highest BCUT2D eigenvalue weighted by Gasteiger charge is 2.31. The molecular formula is C20H26N4O3. The maximum absolute atomic E-state index is 13.3. The number of rotatable bonds is 4. The van der Waals surface area contributed by atoms with Gasteiger partial charge in [0, 0.05) is 36.9 Å². The third-order valence-electron chi connectivity index (χ3n) is 5.32. The van der Waals surface area contributed by atoms with Crippen molar-refractivity contribution in [3.05, 3.63) is 42.0 Å². The van der Waals surface area contributed by atoms with Crippen molar-refractivity contribution >= 4 is 23.5 Å². The van der Waals surface area contributed by atoms with Gasteiger partial charge in [-0.3, -0.25) is 9.59 Å². The highest BCUT2D eigenvalue weighted by molar-refractivity contribution is 6.04. The van der Waals surface area contributed by atoms with Gasteiger partial charge in [0.25, 0.3) is 5.91 Å². The number of piperidine rings is 1. The first-order chi connectivity index (χ1) is 13.0. The molecule has 0 aliphatic carbocycles. The molecule has 2 aliphatic rings. The number of anilines is 1. The van der Waals surface area contributed by atoms with Crippen LogP contribution in [0.3, 0.4) is 0 Å². The Morgan fingerprint density at radius 2 is 2.04 bits per heavy atom. The molecule has 1 unspecified atom stereocenters. The Labute approximate surface area is 159 Å². The van der Waals surface area contributed by atoms with Crippen LogP contribution in [0.5, 0.6) is 0 Å². The standard InChI is InChI=1S/C20H26N4O3/c1-2-18(25)24-12-6-9-15-16(8-5-10-17(15)24)19(26)23-11-4-3-7-14(23)13-22-20(21)27/h2,5,8,10,14H,1,3-4,6-7,9,11-13H2,(H3,21,22,27). The van der Waals surface area contributed by atoms with Crippen LogP contribution >= 0.6 is 0 Å². The van der Waals surface area contributed by atoms with Crippen LogP contribution in [-0.2, 0) is 11.2 Å². The van der Waals surface area contributed by atoms with Gasteiger partial charge < -0.3 is 20.9 Å². The minimum absolute atomic E-state index is 0.0456. The van der Waals surface area contributed by atoms with Crippen molar-refractivity contribution in [3.8, 4) is 0 Å². The molecule has 7 nitrogen and oxygen atoms in total. The molecule has 2 aliphatic heterocycles. The normalized spacial score (nSPS) is 19.2. The van der Waals surface area contributed by atoms with Gasteiger partial charge in [-0.15, -0.1) is 0 Å². The molecular weight excluding hydrogens is 344 g/mol. The molecule has 0 spiro atoms. The van der Waals surface area contributed by atoms with E-state index < -0.39 is 6.03 Å². The summed E-state index contributed by atoms with van der Waals surface area (Å²) in [5.74, 6) is -0.197. The van der Waals surface area contributed by atoms with E-state index >= 15 is 0 Å². The summed E-state index contributed by atoms with van der Waals surface area (Å²) in [6, 6.07) is 4.89. The third-order valence-corrected chi connectivity index (χ3v) is 5.32. The van der Waals surface area contributed by atoms with E-state index in [1.165, 1.54) is 6.08 Å². The summed E-state index contributed by atoms with van der Waals surface area (Å²) in [5, 5.41) is 2.62. The molecule has 0 aromatic heterocycles. The Balaban J connectivity index is 1.89. The summed E-state index contributed by atoms with van der Waals surface area (Å²) >= 11 is 0. The number of hydrogen-bond donors (Lipinski definition) is 2. The fraction of sp³-hybridized carbons (Fsp3) is 0.450. The monoisotopic (exact) mass is 370 g/mol. The highest BCUT2D eigenvalue weighted by Crippen LogP contribution is 2.32. The van der Waals surface area contributed by atoms with Crippen molar-refractivity contribution in [2.75, 3.05) is 24.5 Å². The van der Waals surface area contributed by atoms with E-state index in [0.717, 1.165) is 43.4 Å². The van der Waals surface area contributed by atoms with E-state index in [0.29, 0.717) is 25.2 Å². The maximum atomic E-state index is 13.3. The average Bonchev–Trinajstić information content (AvgIpc) is 2.70. The fourth-order valence-corrected chi connectivity index (χ4v) is 4.02. The first kappa shape index (κ1) is 18.9. The summed E-state index contributed by atoms with van der Waals surface area (Å²) in [6.45, 7) is 5.22. The largest absolute Gasteiger partial charge is 0.352 e. The number of nitrogens with one attached hydrogen (secondary N) is 1. The second-order valence-corrected chi connectivity index (χ2v) is 6.99. The van der Waals surface area contributed by atoms with Crippen molar-refractivity contribution < 1.29 is 14.4 Å². The van der Waals surface area contributed by atoms with Gasteiger partial charge in [-0.05, 0) is 55.9 Å². The molecule has 0 saturated carbocycles. The first-order valence-electron chi connectivity index (χ1n) is 9.43. The summed E-state index contributed by atoms with van der Waals surface area (Å²) in [7, 11) is 0. The van der Waals surface area contributed by atoms with Gasteiger partial charge in [0.1, 0.15) is 0 Å². The maximum Gasteiger partial charge on any atom is 0.312 e. The zero-order chi connectivity index (χ0) is 19.4. The Hall–Kier alpha value is -2.83. The van der Waals surface area contributed by atoms with Gasteiger partial charge in [-0.25, -0.2) is 4.79 Å². The predicted molar refractivity (Wildman–Crippen MR) is 104 cm³/mol. The lowest BCUT2D eigenvalue weighted by atomic mass is 9.93. The van der Waals surface area contributed by atoms with E-state index in [1.807, 2.05) is 23.1 Å². The number of primary amides is 1. The molecule has 27 heavy (non-hydrogen) atoms. The lowest BCUT2D eigenvalue weighted by Crippen LogP contribution is -2.50. The molecule has 2 heterocycles. The minimum Gasteiger partial charge on any atom is -0.352 e. The van der Waals surface area contributed by atoms with E-state index in [1.54, 1.807) is 4.90 Å². The third kappa shape index (κ3) is 3.97. The van der Waals surface area contributed by atoms with E-state index in [4.69, 9.17) is 5.73 Å². The number of nitrogens with zero attached hydrogens (tertiary/aromatic N) is 2. The van der Waals surface area contributed by atoms with Crippen LogP contribution in [0.1, 0.15) is 41.6 Å². The van der Waals surface area contributed by atoms with Crippen molar-refractivity contribution in [3.63, 3.8) is 0 Å². The summed E-state index contributed by atoms with van der Waals surface area (Å²) in [4.78, 5) is 40.1. The summed E-state index contributed by atoms with van der Waals surface area (Å²) in [6.07, 6.45) is 5.67. The number of amides is 4. The number of likely N-dealkylation sites (tertiary alicyclic amines) is 1. The zero-order valence-corrected chi connectivity index (χ0v) is 15.4. The molecule has 1 fully saturated rings. The van der Waals surface area contributed by atoms with Crippen LogP contribution in [0.25, 0.3) is 0 Å². The number of benzene rings is 1. The number of nitrogens with two attached hydrogens (primary N) is 1. The highest BCUT2D eigenvalue weighted by atomic mass is 16.2. The van der Waals surface area contributed by atoms with Crippen LogP contribution < -0.4 is 16.0 Å². The van der Waals surface area contributed by atoms with Crippen molar-refractivity contribution in [2.45, 2.75) is 38.1 Å². The Kier molecular flexibility index (Phi) is 5.78. The Bertz CT molecular complexity index is 762. The van der Waals surface area contributed by atoms with E-state index in [9.17, 15) is 14.4 Å². The van der Waals surface area contributed by atoms with Crippen molar-refractivity contribution in [2.24, 2.45) is 5.73 Å². The van der Waals surface area contributed by atoms with Crippen LogP contribution in [-0.4, -0.2) is 48.4 Å². The van der Waals surface area contributed by atoms with Crippen LogP contribution in [0.4, 0.5) is 10.5 Å². The molecule has 0 bridgehead atoms. The number of carbonyl (C=O) groups is 3. The van der Waals surface area contributed by atoms with Crippen LogP contribution in [0, 0.1) is 0 Å². The smallest absolute Gasteiger partial charge is 0.312 e. The number of carbonyl (C=O) groups excluding carboxylic acids is 3. The van der Waals surface area contributed by atoms with Crippen LogP contribution in [0.15, 0.2) is 30.9 Å². The molecule has 3 rings (SSSR count). The molecule has 1 atom stereocenters. The van der Waals surface area contributed by atoms with E-state index in [2.05, 4.69) is 11.9 Å². The van der Waals surface area contributed by atoms with Crippen molar-refractivity contribution in [1.29, 1.82) is 0 Å². The average molecular weight is 370 g/mol. The van der Waals surface area contributed by atoms with Crippen LogP contribution in [0.2, 0.25) is 0 Å². The molecule has 7 heteroatoms. The second kappa shape index (κ2) is 8.24. The Morgan fingerprint density at radius 1 is 1.22 bits per heavy atom. The van der Waals surface area contributed by atoms with Gasteiger partial charge >= 0.3 is 6.03 Å². The lowest BCUT2D eigenvalue weighted by Gasteiger charge is -2.37. The Morgan fingerprint density at radius 3 is 2.78 bits per heavy atom. The second-order valence-electron chi connectivity index (χ2n) is 6.99. The molecule has 3 N–H and O–H groups in total. The van der Waals surface area contributed by atoms with Gasteiger partial charge in [0.15, 0.2) is 0 Å². The summed E-state index contributed by atoms with van der Waals surface area (Å²) < 4.78 is 0. The van der Waals surface area contributed by atoms with Gasteiger partial charge in [0.05, 0.1) is 0 Å². The quantitative estimate of drug-likeness (QED) is 0.791. The SMILES string of the molecule is C=CC(=O)N1CCCc2c(C(=O)N3CCCCC3CNC(N)=O)cccc21. The topological polar surface area (TPSA) is 95.7 Å². The van der Waals surface area contributed by atoms with Crippen molar-refractivity contribution in [1.82, 2.24) is 10.2 Å². The van der Waals surface area contributed by atoms with E-state index in [-0.39, 0.29) is 17.9 Å². The zero-order valence-electron chi connectivity index (χ0n) is 15.4. The summed E-state index contributed by atoms with van der Waals surface area (Å²) in [5.41, 5.74) is 7.54. The van der Waals surface area contributed by atoms with Gasteiger partial charge in [-0.1, -0.05) is 12.6 Å². The molecule has 1 saturated heterocycles. The first-order valence-corrected chi connectivity index (χ1v) is 9.43. The molecule has 1 aromatic rings. The predicted octanol–water partition coefficient (Wildman–Crippen LogP) is 1.81. The molecule has 4 amide bonds. The lowest BCUT2D eigenvalue weighted by molar-refractivity contribution is -0.114. The van der Waals surface area contributed by atoms with Gasteiger partial charge in [-0.2, -0.15) is 0 Å². The number of urea groups is 1. The fourth-order valence-electron chi connectivity index (χ4n) is 4.02.